The number of thiazole rings is 1. The van der Waals surface area contributed by atoms with Gasteiger partial charge in [-0.15, -0.1) is 5.10 Å². The molecule has 9 heteroatoms. The van der Waals surface area contributed by atoms with Crippen LogP contribution in [-0.2, 0) is 0 Å². The first kappa shape index (κ1) is 13.9. The molecule has 0 atom stereocenters. The molecule has 0 spiro atoms. The minimum Gasteiger partial charge on any atom is -0.493 e. The molecule has 0 aliphatic carbocycles. The smallest absolute Gasteiger partial charge is 0.307 e. The van der Waals surface area contributed by atoms with E-state index in [0.717, 1.165) is 11.3 Å². The molecular formula is C13H8N4O4S. The third-order valence-corrected chi connectivity index (χ3v) is 3.72. The summed E-state index contributed by atoms with van der Waals surface area (Å²) in [7, 11) is 0. The Labute approximate surface area is 126 Å². The highest BCUT2D eigenvalue weighted by Gasteiger charge is 2.17. The van der Waals surface area contributed by atoms with Crippen molar-refractivity contribution in [2.75, 3.05) is 0 Å². The second-order valence-electron chi connectivity index (χ2n) is 4.33. The Kier molecular flexibility index (Phi) is 3.39. The zero-order valence-electron chi connectivity index (χ0n) is 10.9. The second kappa shape index (κ2) is 5.37. The van der Waals surface area contributed by atoms with Crippen molar-refractivity contribution in [3.63, 3.8) is 0 Å². The van der Waals surface area contributed by atoms with E-state index in [1.54, 1.807) is 18.2 Å². The highest BCUT2D eigenvalue weighted by molar-refractivity contribution is 7.10. The molecule has 0 saturated heterocycles. The molecule has 8 nitrogen and oxygen atoms in total. The fourth-order valence-corrected chi connectivity index (χ4v) is 2.62. The van der Waals surface area contributed by atoms with Crippen molar-refractivity contribution in [2.24, 2.45) is 10.2 Å². The minimum atomic E-state index is -0.493. The molecule has 0 saturated carbocycles. The van der Waals surface area contributed by atoms with Crippen LogP contribution in [0.2, 0.25) is 0 Å². The molecule has 0 fully saturated rings. The Balaban J connectivity index is 2.01. The topological polar surface area (TPSA) is 121 Å². The zero-order chi connectivity index (χ0) is 15.7. The van der Waals surface area contributed by atoms with Crippen LogP contribution in [0, 0.1) is 10.1 Å². The molecule has 2 N–H and O–H groups in total. The van der Waals surface area contributed by atoms with Crippen molar-refractivity contribution in [2.45, 2.75) is 0 Å². The number of nitro groups is 1. The number of aromatic nitrogens is 1. The summed E-state index contributed by atoms with van der Waals surface area (Å²) in [6, 6.07) is 6.00. The number of nitrogens with one attached hydrogen (secondary N) is 1. The minimum absolute atomic E-state index is 0.0550. The number of H-pyrrole nitrogens is 1. The van der Waals surface area contributed by atoms with E-state index < -0.39 is 4.92 Å². The maximum absolute atomic E-state index is 11.2. The van der Waals surface area contributed by atoms with E-state index in [2.05, 4.69) is 15.2 Å². The third kappa shape index (κ3) is 2.56. The van der Waals surface area contributed by atoms with Crippen molar-refractivity contribution >= 4 is 35.0 Å². The molecule has 0 amide bonds. The standard InChI is InChI=1S/C13H8N4O4S/c18-12-10(22-13(19)15-12)5-8-6-14-16-11(8)7-2-1-3-9(4-7)17(20)21/h1-6,18H,(H,15,19). The van der Waals surface area contributed by atoms with E-state index in [4.69, 9.17) is 0 Å². The molecule has 0 unspecified atom stereocenters. The predicted molar refractivity (Wildman–Crippen MR) is 82.7 cm³/mol. The van der Waals surface area contributed by atoms with Gasteiger partial charge in [-0.2, -0.15) is 5.10 Å². The van der Waals surface area contributed by atoms with Crippen molar-refractivity contribution in [1.29, 1.82) is 0 Å². The molecule has 2 aromatic rings. The third-order valence-electron chi connectivity index (χ3n) is 2.90. The lowest BCUT2D eigenvalue weighted by Gasteiger charge is -2.02. The van der Waals surface area contributed by atoms with Gasteiger partial charge in [0, 0.05) is 23.3 Å². The van der Waals surface area contributed by atoms with E-state index in [0.29, 0.717) is 21.7 Å². The van der Waals surface area contributed by atoms with Crippen LogP contribution in [0.15, 0.2) is 44.8 Å². The molecule has 2 heterocycles. The number of aromatic amines is 1. The molecule has 0 radical (unpaired) electrons. The average molecular weight is 316 g/mol. The lowest BCUT2D eigenvalue weighted by atomic mass is 10.0. The molecule has 1 aromatic carbocycles. The van der Waals surface area contributed by atoms with Crippen LogP contribution < -0.4 is 4.87 Å². The van der Waals surface area contributed by atoms with E-state index in [1.807, 2.05) is 0 Å². The van der Waals surface area contributed by atoms with Crippen molar-refractivity contribution in [3.05, 3.63) is 60.1 Å². The second-order valence-corrected chi connectivity index (χ2v) is 5.34. The molecule has 1 aliphatic heterocycles. The number of allylic oxidation sites excluding steroid dienone is 1. The van der Waals surface area contributed by atoms with E-state index >= 15 is 0 Å². The largest absolute Gasteiger partial charge is 0.493 e. The Hall–Kier alpha value is -3.07. The monoisotopic (exact) mass is 316 g/mol. The molecule has 3 rings (SSSR count). The Bertz CT molecular complexity index is 907. The Morgan fingerprint density at radius 1 is 1.41 bits per heavy atom. The summed E-state index contributed by atoms with van der Waals surface area (Å²) in [6.07, 6.45) is 3.00. The zero-order valence-corrected chi connectivity index (χ0v) is 11.7. The fraction of sp³-hybridized carbons (Fsp3) is 0. The normalized spacial score (nSPS) is 15.3. The van der Waals surface area contributed by atoms with E-state index in [9.17, 15) is 20.0 Å². The molecule has 1 aromatic heterocycles. The van der Waals surface area contributed by atoms with Crippen LogP contribution in [0.5, 0.6) is 5.88 Å². The van der Waals surface area contributed by atoms with Gasteiger partial charge in [-0.1, -0.05) is 23.5 Å². The SMILES string of the molecule is O=c1[nH]c(O)c(C=C2C=NN=C2c2cccc([N+](=O)[O-])c2)s1. The Morgan fingerprint density at radius 2 is 2.23 bits per heavy atom. The van der Waals surface area contributed by atoms with Crippen molar-refractivity contribution in [3.8, 4) is 5.88 Å². The number of nitro benzene ring substituents is 1. The van der Waals surface area contributed by atoms with Gasteiger partial charge < -0.3 is 5.11 Å². The summed E-state index contributed by atoms with van der Waals surface area (Å²) in [5.74, 6) is -0.235. The van der Waals surface area contributed by atoms with Gasteiger partial charge in [-0.3, -0.25) is 19.9 Å². The van der Waals surface area contributed by atoms with Gasteiger partial charge in [0.15, 0.2) is 0 Å². The van der Waals surface area contributed by atoms with Crippen LogP contribution in [0.3, 0.4) is 0 Å². The molecule has 1 aliphatic rings. The van der Waals surface area contributed by atoms with Crippen molar-refractivity contribution in [1.82, 2.24) is 4.98 Å². The van der Waals surface area contributed by atoms with Crippen LogP contribution in [0.25, 0.3) is 6.08 Å². The number of nitrogens with zero attached hydrogens (tertiary/aromatic N) is 3. The number of rotatable bonds is 3. The number of hydrogen-bond acceptors (Lipinski definition) is 7. The first-order valence-corrected chi connectivity index (χ1v) is 6.86. The summed E-state index contributed by atoms with van der Waals surface area (Å²) < 4.78 is 0. The van der Waals surface area contributed by atoms with Gasteiger partial charge >= 0.3 is 4.87 Å². The van der Waals surface area contributed by atoms with Crippen LogP contribution in [0.1, 0.15) is 10.4 Å². The lowest BCUT2D eigenvalue weighted by Crippen LogP contribution is -2.03. The van der Waals surface area contributed by atoms with Crippen LogP contribution in [-0.4, -0.2) is 26.9 Å². The quantitative estimate of drug-likeness (QED) is 0.663. The van der Waals surface area contributed by atoms with E-state index in [1.165, 1.54) is 18.3 Å². The van der Waals surface area contributed by atoms with Gasteiger partial charge in [0.05, 0.1) is 16.0 Å². The lowest BCUT2D eigenvalue weighted by molar-refractivity contribution is -0.384. The highest BCUT2D eigenvalue weighted by Crippen LogP contribution is 2.24. The molecular weight excluding hydrogens is 308 g/mol. The predicted octanol–water partition coefficient (Wildman–Crippen LogP) is 1.92. The first-order chi connectivity index (χ1) is 10.5. The average Bonchev–Trinajstić information content (AvgIpc) is 3.06. The van der Waals surface area contributed by atoms with Crippen molar-refractivity contribution < 1.29 is 10.0 Å². The maximum Gasteiger partial charge on any atom is 0.307 e. The summed E-state index contributed by atoms with van der Waals surface area (Å²) in [4.78, 5) is 23.8. The van der Waals surface area contributed by atoms with Gasteiger partial charge in [0.25, 0.3) is 5.69 Å². The maximum atomic E-state index is 11.2. The molecule has 110 valence electrons. The summed E-state index contributed by atoms with van der Waals surface area (Å²) in [6.45, 7) is 0. The Morgan fingerprint density at radius 3 is 2.91 bits per heavy atom. The van der Waals surface area contributed by atoms with Crippen LogP contribution in [0.4, 0.5) is 5.69 Å². The highest BCUT2D eigenvalue weighted by atomic mass is 32.1. The summed E-state index contributed by atoms with van der Waals surface area (Å²) >= 11 is 0.844. The number of non-ortho nitro benzene ring substituents is 1. The summed E-state index contributed by atoms with van der Waals surface area (Å²) in [5.41, 5.74) is 1.45. The van der Waals surface area contributed by atoms with Gasteiger partial charge in [-0.25, -0.2) is 0 Å². The molecule has 0 bridgehead atoms. The van der Waals surface area contributed by atoms with Crippen LogP contribution >= 0.6 is 11.3 Å². The fourth-order valence-electron chi connectivity index (χ4n) is 1.94. The molecule has 22 heavy (non-hydrogen) atoms. The summed E-state index contributed by atoms with van der Waals surface area (Å²) in [5, 5.41) is 28.2. The van der Waals surface area contributed by atoms with Gasteiger partial charge in [0.2, 0.25) is 5.88 Å². The number of benzene rings is 1. The first-order valence-electron chi connectivity index (χ1n) is 6.04. The van der Waals surface area contributed by atoms with E-state index in [-0.39, 0.29) is 16.4 Å². The number of hydrogen-bond donors (Lipinski definition) is 2. The number of aromatic hydroxyl groups is 1. The van der Waals surface area contributed by atoms with Gasteiger partial charge in [-0.05, 0) is 6.08 Å². The van der Waals surface area contributed by atoms with Gasteiger partial charge in [0.1, 0.15) is 5.71 Å².